The average Bonchev–Trinajstić information content (AvgIpc) is 3.03. The number of fused-ring (bicyclic) bond motifs is 2. The summed E-state index contributed by atoms with van der Waals surface area (Å²) in [5.41, 5.74) is 2.44. The maximum absolute atomic E-state index is 10.5. The van der Waals surface area contributed by atoms with Gasteiger partial charge in [0.05, 0.1) is 5.97 Å². The van der Waals surface area contributed by atoms with Crippen molar-refractivity contribution >= 4 is 27.8 Å². The molecule has 0 amide bonds. The number of oxazole rings is 1. The summed E-state index contributed by atoms with van der Waals surface area (Å²) in [6, 6.07) is 18.8. The second kappa shape index (κ2) is 7.27. The summed E-state index contributed by atoms with van der Waals surface area (Å²) >= 11 is 0. The number of carbonyl (C=O) groups is 1. The molecule has 0 saturated carbocycles. The summed E-state index contributed by atoms with van der Waals surface area (Å²) in [5.74, 6) is -0.196. The van der Waals surface area contributed by atoms with Crippen LogP contribution in [0.3, 0.4) is 0 Å². The number of hydrogen-bond donors (Lipinski definition) is 0. The van der Waals surface area contributed by atoms with Gasteiger partial charge in [0.2, 0.25) is 5.89 Å². The number of aliphatic carboxylic acids is 1. The van der Waals surface area contributed by atoms with Gasteiger partial charge in [0.15, 0.2) is 5.58 Å². The van der Waals surface area contributed by atoms with E-state index in [9.17, 15) is 9.90 Å². The number of rotatable bonds is 4. The van der Waals surface area contributed by atoms with Gasteiger partial charge in [-0.2, -0.15) is 0 Å². The van der Waals surface area contributed by atoms with E-state index in [4.69, 9.17) is 9.15 Å². The van der Waals surface area contributed by atoms with Gasteiger partial charge in [0.25, 0.3) is 0 Å². The summed E-state index contributed by atoms with van der Waals surface area (Å²) in [6.45, 7) is -0.466. The Hall–Kier alpha value is -2.34. The zero-order valence-corrected chi connectivity index (χ0v) is 15.6. The minimum atomic E-state index is -1.25. The Morgan fingerprint density at radius 1 is 1.04 bits per heavy atom. The van der Waals surface area contributed by atoms with Crippen LogP contribution >= 0.6 is 0 Å². The summed E-state index contributed by atoms with van der Waals surface area (Å²) in [5, 5.41) is 12.4. The molecule has 5 nitrogen and oxygen atoms in total. The van der Waals surface area contributed by atoms with Gasteiger partial charge in [0.1, 0.15) is 17.9 Å². The molecule has 0 saturated heterocycles. The molecule has 25 heavy (non-hydrogen) atoms. The molecule has 0 spiro atoms. The first kappa shape index (κ1) is 17.5. The third-order valence-electron chi connectivity index (χ3n) is 3.71. The predicted octanol–water partition coefficient (Wildman–Crippen LogP) is -0.219. The molecule has 0 bridgehead atoms. The molecule has 0 atom stereocenters. The minimum absolute atomic E-state index is 0. The third-order valence-corrected chi connectivity index (χ3v) is 3.71. The summed E-state index contributed by atoms with van der Waals surface area (Å²) < 4.78 is 10.9. The number of nitrogens with zero attached hydrogens (tertiary/aromatic N) is 1. The number of hydrogen-bond acceptors (Lipinski definition) is 5. The largest absolute Gasteiger partial charge is 1.00 e. The molecule has 0 aliphatic rings. The molecule has 0 fully saturated rings. The van der Waals surface area contributed by atoms with Crippen LogP contribution in [0, 0.1) is 0 Å². The van der Waals surface area contributed by atoms with Crippen molar-refractivity contribution in [2.24, 2.45) is 0 Å². The van der Waals surface area contributed by atoms with E-state index < -0.39 is 12.6 Å². The molecule has 118 valence electrons. The van der Waals surface area contributed by atoms with Crippen LogP contribution < -0.4 is 39.4 Å². The number of carboxylic acids is 1. The van der Waals surface area contributed by atoms with E-state index in [0.717, 1.165) is 27.4 Å². The molecule has 4 aromatic rings. The third kappa shape index (κ3) is 3.69. The van der Waals surface area contributed by atoms with Crippen molar-refractivity contribution in [3.05, 3.63) is 60.7 Å². The maximum atomic E-state index is 10.5. The monoisotopic (exact) mass is 341 g/mol. The van der Waals surface area contributed by atoms with Crippen LogP contribution in [0.15, 0.2) is 65.1 Å². The zero-order chi connectivity index (χ0) is 16.5. The SMILES string of the molecule is O=C([O-])COc1ccc2cc(-c3nc4ccccc4o3)ccc2c1.[Na+]. The standard InChI is InChI=1S/C19H13NO4.Na/c21-18(22)11-23-15-8-7-12-9-14(6-5-13(12)10-15)19-20-16-3-1-2-4-17(16)24-19;/h1-10H,11H2,(H,21,22);/q;+1/p-1. The van der Waals surface area contributed by atoms with Gasteiger partial charge < -0.3 is 19.1 Å². The van der Waals surface area contributed by atoms with E-state index >= 15 is 0 Å². The maximum Gasteiger partial charge on any atom is 1.00 e. The van der Waals surface area contributed by atoms with E-state index in [0.29, 0.717) is 11.6 Å². The normalized spacial score (nSPS) is 10.6. The van der Waals surface area contributed by atoms with E-state index in [1.54, 1.807) is 12.1 Å². The minimum Gasteiger partial charge on any atom is -0.546 e. The Bertz CT molecular complexity index is 1020. The Labute approximate surface area is 165 Å². The van der Waals surface area contributed by atoms with E-state index in [-0.39, 0.29) is 29.6 Å². The van der Waals surface area contributed by atoms with Crippen molar-refractivity contribution in [1.29, 1.82) is 0 Å². The second-order valence-electron chi connectivity index (χ2n) is 5.37. The van der Waals surface area contributed by atoms with E-state index in [1.807, 2.05) is 48.5 Å². The van der Waals surface area contributed by atoms with Crippen LogP contribution in [0.1, 0.15) is 0 Å². The van der Waals surface area contributed by atoms with Crippen molar-refractivity contribution in [3.8, 4) is 17.2 Å². The second-order valence-corrected chi connectivity index (χ2v) is 5.37. The molecule has 4 rings (SSSR count). The van der Waals surface area contributed by atoms with Gasteiger partial charge in [-0.3, -0.25) is 0 Å². The van der Waals surface area contributed by atoms with Crippen molar-refractivity contribution < 1.29 is 48.6 Å². The summed E-state index contributed by atoms with van der Waals surface area (Å²) in [6.07, 6.45) is 0. The number of aromatic nitrogens is 1. The Kier molecular flexibility index (Phi) is 5.08. The van der Waals surface area contributed by atoms with Gasteiger partial charge in [-0.1, -0.05) is 24.3 Å². The van der Waals surface area contributed by atoms with Crippen molar-refractivity contribution in [1.82, 2.24) is 4.98 Å². The smallest absolute Gasteiger partial charge is 0.546 e. The number of carbonyl (C=O) groups excluding carboxylic acids is 1. The van der Waals surface area contributed by atoms with Crippen LogP contribution in [0.25, 0.3) is 33.3 Å². The molecular weight excluding hydrogens is 329 g/mol. The summed E-state index contributed by atoms with van der Waals surface area (Å²) in [4.78, 5) is 15.0. The first-order valence-electron chi connectivity index (χ1n) is 7.41. The molecule has 1 heterocycles. The molecule has 1 aromatic heterocycles. The van der Waals surface area contributed by atoms with E-state index in [1.165, 1.54) is 0 Å². The molecular formula is C19H12NNaO4. The molecule has 0 aliphatic heterocycles. The topological polar surface area (TPSA) is 75.4 Å². The van der Waals surface area contributed by atoms with Crippen LogP contribution in [-0.2, 0) is 4.79 Å². The quantitative estimate of drug-likeness (QED) is 0.480. The van der Waals surface area contributed by atoms with Gasteiger partial charge in [-0.15, -0.1) is 0 Å². The Balaban J connectivity index is 0.00000182. The molecule has 0 unspecified atom stereocenters. The molecule has 3 aromatic carbocycles. The van der Waals surface area contributed by atoms with E-state index in [2.05, 4.69) is 4.98 Å². The fourth-order valence-corrected chi connectivity index (χ4v) is 2.58. The molecule has 0 radical (unpaired) electrons. The Morgan fingerprint density at radius 3 is 2.60 bits per heavy atom. The van der Waals surface area contributed by atoms with Gasteiger partial charge in [-0.05, 0) is 47.2 Å². The van der Waals surface area contributed by atoms with Gasteiger partial charge in [0, 0.05) is 5.56 Å². The van der Waals surface area contributed by atoms with Crippen molar-refractivity contribution in [3.63, 3.8) is 0 Å². The molecule has 0 aliphatic carbocycles. The fourth-order valence-electron chi connectivity index (χ4n) is 2.58. The first-order valence-corrected chi connectivity index (χ1v) is 7.41. The van der Waals surface area contributed by atoms with Crippen LogP contribution in [0.4, 0.5) is 0 Å². The predicted molar refractivity (Wildman–Crippen MR) is 87.5 cm³/mol. The Morgan fingerprint density at radius 2 is 1.80 bits per heavy atom. The number of para-hydroxylation sites is 2. The molecule has 6 heteroatoms. The number of carboxylic acid groups (broad SMARTS) is 1. The van der Waals surface area contributed by atoms with Crippen molar-refractivity contribution in [2.45, 2.75) is 0 Å². The van der Waals surface area contributed by atoms with Crippen molar-refractivity contribution in [2.75, 3.05) is 6.61 Å². The van der Waals surface area contributed by atoms with Crippen LogP contribution in [-0.4, -0.2) is 17.6 Å². The number of ether oxygens (including phenoxy) is 1. The van der Waals surface area contributed by atoms with Crippen LogP contribution in [0.5, 0.6) is 5.75 Å². The zero-order valence-electron chi connectivity index (χ0n) is 13.6. The molecule has 0 N–H and O–H groups in total. The van der Waals surface area contributed by atoms with Gasteiger partial charge >= 0.3 is 29.6 Å². The summed E-state index contributed by atoms with van der Waals surface area (Å²) in [7, 11) is 0. The number of benzene rings is 3. The average molecular weight is 341 g/mol. The first-order chi connectivity index (χ1) is 11.7. The van der Waals surface area contributed by atoms with Gasteiger partial charge in [-0.25, -0.2) is 4.98 Å². The van der Waals surface area contributed by atoms with Crippen LogP contribution in [0.2, 0.25) is 0 Å². The fraction of sp³-hybridized carbons (Fsp3) is 0.0526.